The molecule has 2 atom stereocenters. The first kappa shape index (κ1) is 16.0. The van der Waals surface area contributed by atoms with Crippen molar-refractivity contribution in [2.24, 2.45) is 5.92 Å². The average Bonchev–Trinajstić information content (AvgIpc) is 3.05. The monoisotopic (exact) mass is 314 g/mol. The van der Waals surface area contributed by atoms with Crippen LogP contribution in [0, 0.1) is 5.92 Å². The third kappa shape index (κ3) is 4.60. The smallest absolute Gasteiger partial charge is 0.208 e. The first-order valence-corrected chi connectivity index (χ1v) is 9.38. The highest BCUT2D eigenvalue weighted by Gasteiger charge is 2.26. The fourth-order valence-corrected chi connectivity index (χ4v) is 4.63. The molecule has 0 bridgehead atoms. The Morgan fingerprint density at radius 2 is 2.20 bits per heavy atom. The maximum atomic E-state index is 4.24. The van der Waals surface area contributed by atoms with Crippen LogP contribution in [0.5, 0.6) is 0 Å². The fourth-order valence-electron chi connectivity index (χ4n) is 2.72. The maximum Gasteiger partial charge on any atom is 0.208 e. The molecule has 0 aliphatic heterocycles. The molecule has 1 heterocycles. The predicted molar refractivity (Wildman–Crippen MR) is 89.0 cm³/mol. The first-order valence-electron chi connectivity index (χ1n) is 7.57. The van der Waals surface area contributed by atoms with Gasteiger partial charge in [-0.25, -0.2) is 0 Å². The Morgan fingerprint density at radius 1 is 1.35 bits per heavy atom. The Balaban J connectivity index is 1.71. The summed E-state index contributed by atoms with van der Waals surface area (Å²) in [6, 6.07) is 0.752. The van der Waals surface area contributed by atoms with E-state index in [1.807, 2.05) is 30.8 Å². The molecule has 0 radical (unpaired) electrons. The van der Waals surface area contributed by atoms with E-state index in [0.717, 1.165) is 33.7 Å². The summed E-state index contributed by atoms with van der Waals surface area (Å²) in [6.07, 6.45) is 6.67. The van der Waals surface area contributed by atoms with Gasteiger partial charge in [0.05, 0.1) is 0 Å². The third-order valence-electron chi connectivity index (χ3n) is 3.81. The summed E-state index contributed by atoms with van der Waals surface area (Å²) >= 11 is 3.55. The molecule has 2 unspecified atom stereocenters. The predicted octanol–water partition coefficient (Wildman–Crippen LogP) is 3.25. The molecule has 1 fully saturated rings. The van der Waals surface area contributed by atoms with Crippen molar-refractivity contribution in [1.82, 2.24) is 15.5 Å². The molecule has 0 amide bonds. The van der Waals surface area contributed by atoms with Crippen molar-refractivity contribution in [3.05, 3.63) is 0 Å². The molecule has 1 saturated carbocycles. The van der Waals surface area contributed by atoms with Crippen LogP contribution in [-0.4, -0.2) is 42.6 Å². The van der Waals surface area contributed by atoms with Gasteiger partial charge in [0.25, 0.3) is 0 Å². The highest BCUT2D eigenvalue weighted by molar-refractivity contribution is 8.01. The van der Waals surface area contributed by atoms with Gasteiger partial charge >= 0.3 is 0 Å². The average molecular weight is 315 g/mol. The van der Waals surface area contributed by atoms with Crippen molar-refractivity contribution >= 4 is 28.2 Å². The van der Waals surface area contributed by atoms with Gasteiger partial charge in [-0.1, -0.05) is 36.4 Å². The van der Waals surface area contributed by atoms with E-state index in [9.17, 15) is 0 Å². The zero-order valence-corrected chi connectivity index (χ0v) is 14.4. The van der Waals surface area contributed by atoms with Gasteiger partial charge in [-0.15, -0.1) is 10.2 Å². The molecule has 1 aromatic rings. The molecule has 0 aromatic carbocycles. The maximum absolute atomic E-state index is 4.24. The molecule has 20 heavy (non-hydrogen) atoms. The quantitative estimate of drug-likeness (QED) is 0.746. The van der Waals surface area contributed by atoms with Crippen LogP contribution in [0.1, 0.15) is 39.0 Å². The number of hydrogen-bond donors (Lipinski definition) is 1. The van der Waals surface area contributed by atoms with Crippen LogP contribution < -0.4 is 10.2 Å². The molecular formula is C14H26N4S2. The topological polar surface area (TPSA) is 41.1 Å². The summed E-state index contributed by atoms with van der Waals surface area (Å²) in [7, 11) is 4.02. The minimum absolute atomic E-state index is 0.752. The lowest BCUT2D eigenvalue weighted by Gasteiger charge is -2.20. The van der Waals surface area contributed by atoms with Crippen molar-refractivity contribution in [2.75, 3.05) is 31.3 Å². The Bertz CT molecular complexity index is 394. The number of anilines is 1. The van der Waals surface area contributed by atoms with Crippen LogP contribution in [0.2, 0.25) is 0 Å². The lowest BCUT2D eigenvalue weighted by atomic mass is 10.0. The van der Waals surface area contributed by atoms with Crippen LogP contribution in [0.4, 0.5) is 5.13 Å². The lowest BCUT2D eigenvalue weighted by Crippen LogP contribution is -2.33. The van der Waals surface area contributed by atoms with Crippen molar-refractivity contribution in [2.45, 2.75) is 49.4 Å². The Labute approximate surface area is 130 Å². The van der Waals surface area contributed by atoms with Crippen molar-refractivity contribution in [3.8, 4) is 0 Å². The second-order valence-electron chi connectivity index (χ2n) is 5.63. The molecule has 1 aromatic heterocycles. The van der Waals surface area contributed by atoms with Crippen LogP contribution >= 0.6 is 23.1 Å². The summed E-state index contributed by atoms with van der Waals surface area (Å²) in [6.45, 7) is 3.40. The van der Waals surface area contributed by atoms with Crippen LogP contribution in [0.15, 0.2) is 4.34 Å². The van der Waals surface area contributed by atoms with E-state index < -0.39 is 0 Å². The normalized spacial score (nSPS) is 22.4. The molecule has 1 aliphatic rings. The minimum Gasteiger partial charge on any atom is -0.353 e. The second kappa shape index (κ2) is 8.20. The Hall–Kier alpha value is -0.330. The van der Waals surface area contributed by atoms with Crippen LogP contribution in [-0.2, 0) is 0 Å². The zero-order chi connectivity index (χ0) is 14.4. The van der Waals surface area contributed by atoms with Gasteiger partial charge < -0.3 is 10.2 Å². The summed E-state index contributed by atoms with van der Waals surface area (Å²) in [5.74, 6) is 2.02. The highest BCUT2D eigenvalue weighted by Crippen LogP contribution is 2.32. The number of thioether (sulfide) groups is 1. The summed E-state index contributed by atoms with van der Waals surface area (Å²) < 4.78 is 1.10. The van der Waals surface area contributed by atoms with Gasteiger partial charge in [-0.2, -0.15) is 0 Å². The van der Waals surface area contributed by atoms with Crippen molar-refractivity contribution < 1.29 is 0 Å². The number of aromatic nitrogens is 2. The summed E-state index contributed by atoms with van der Waals surface area (Å²) in [5, 5.41) is 13.1. The van der Waals surface area contributed by atoms with E-state index in [0.29, 0.717) is 0 Å². The van der Waals surface area contributed by atoms with Crippen LogP contribution in [0.25, 0.3) is 0 Å². The van der Waals surface area contributed by atoms with Gasteiger partial charge in [0.1, 0.15) is 0 Å². The van der Waals surface area contributed by atoms with Crippen LogP contribution in [0.3, 0.4) is 0 Å². The highest BCUT2D eigenvalue weighted by atomic mass is 32.2. The largest absolute Gasteiger partial charge is 0.353 e. The van der Waals surface area contributed by atoms with Gasteiger partial charge in [0.15, 0.2) is 4.34 Å². The van der Waals surface area contributed by atoms with E-state index in [-0.39, 0.29) is 0 Å². The van der Waals surface area contributed by atoms with E-state index in [1.54, 1.807) is 11.3 Å². The minimum atomic E-state index is 0.752. The van der Waals surface area contributed by atoms with Crippen molar-refractivity contribution in [3.63, 3.8) is 0 Å². The van der Waals surface area contributed by atoms with E-state index in [2.05, 4.69) is 22.4 Å². The molecule has 0 saturated heterocycles. The molecule has 114 valence electrons. The number of hydrogen-bond acceptors (Lipinski definition) is 6. The van der Waals surface area contributed by atoms with Gasteiger partial charge in [0.2, 0.25) is 5.13 Å². The SMILES string of the molecule is CCCNC1CCCC1CCSc1nnc(N(C)C)s1. The van der Waals surface area contributed by atoms with E-state index in [4.69, 9.17) is 0 Å². The van der Waals surface area contributed by atoms with E-state index >= 15 is 0 Å². The van der Waals surface area contributed by atoms with Crippen molar-refractivity contribution in [1.29, 1.82) is 0 Å². The standard InChI is InChI=1S/C14H26N4S2/c1-4-9-15-12-7-5-6-11(12)8-10-19-14-17-16-13(20-14)18(2)3/h11-12,15H,4-10H2,1-3H3. The lowest BCUT2D eigenvalue weighted by molar-refractivity contribution is 0.393. The molecule has 4 nitrogen and oxygen atoms in total. The summed E-state index contributed by atoms with van der Waals surface area (Å²) in [4.78, 5) is 2.02. The molecule has 1 aliphatic carbocycles. The number of nitrogens with zero attached hydrogens (tertiary/aromatic N) is 3. The first-order chi connectivity index (χ1) is 9.70. The van der Waals surface area contributed by atoms with Gasteiger partial charge in [-0.05, 0) is 38.1 Å². The Morgan fingerprint density at radius 3 is 2.90 bits per heavy atom. The number of nitrogens with one attached hydrogen (secondary N) is 1. The van der Waals surface area contributed by atoms with Gasteiger partial charge in [0, 0.05) is 25.9 Å². The third-order valence-corrected chi connectivity index (χ3v) is 6.07. The molecule has 6 heteroatoms. The van der Waals surface area contributed by atoms with Gasteiger partial charge in [-0.3, -0.25) is 0 Å². The van der Waals surface area contributed by atoms with E-state index in [1.165, 1.54) is 32.1 Å². The molecular weight excluding hydrogens is 288 g/mol. The fraction of sp³-hybridized carbons (Fsp3) is 0.857. The molecule has 0 spiro atoms. The zero-order valence-electron chi connectivity index (χ0n) is 12.8. The Kier molecular flexibility index (Phi) is 6.58. The molecule has 2 rings (SSSR count). The molecule has 1 N–H and O–H groups in total. The summed E-state index contributed by atoms with van der Waals surface area (Å²) in [5.41, 5.74) is 0. The number of rotatable bonds is 8. The second-order valence-corrected chi connectivity index (χ2v) is 7.93.